The molecule has 0 unspecified atom stereocenters. The molecule has 1 rings (SSSR count). The molecule has 1 heterocycles. The van der Waals surface area contributed by atoms with Crippen LogP contribution >= 0.6 is 11.3 Å². The zero-order valence-electron chi connectivity index (χ0n) is 11.3. The first-order valence-corrected chi connectivity index (χ1v) is 6.52. The van der Waals surface area contributed by atoms with Gasteiger partial charge in [0.15, 0.2) is 0 Å². The molecule has 0 saturated carbocycles. The fraction of sp³-hybridized carbons (Fsp3) is 0.538. The standard InChI is InChI=1S/C13H19NO3S/c1-8-6-7-9(18-8)10(15)14-13(4,5)12(2,3)11(16)17/h6-7H,1-5H3,(H,14,15)(H,16,17). The second-order valence-corrected chi connectivity index (χ2v) is 6.71. The molecule has 0 aliphatic rings. The number of hydrogen-bond donors (Lipinski definition) is 2. The van der Waals surface area contributed by atoms with Crippen LogP contribution in [0.1, 0.15) is 42.2 Å². The molecule has 0 aromatic carbocycles. The number of nitrogens with one attached hydrogen (secondary N) is 1. The van der Waals surface area contributed by atoms with Crippen LogP contribution in [0.15, 0.2) is 12.1 Å². The minimum atomic E-state index is -1.05. The van der Waals surface area contributed by atoms with Crippen molar-refractivity contribution in [3.05, 3.63) is 21.9 Å². The summed E-state index contributed by atoms with van der Waals surface area (Å²) in [6, 6.07) is 3.62. The Kier molecular flexibility index (Phi) is 3.86. The first-order valence-electron chi connectivity index (χ1n) is 5.70. The highest BCUT2D eigenvalue weighted by Gasteiger charge is 2.44. The predicted octanol–water partition coefficient (Wildman–Crippen LogP) is 2.68. The Bertz CT molecular complexity index is 474. The van der Waals surface area contributed by atoms with E-state index in [1.54, 1.807) is 33.8 Å². The van der Waals surface area contributed by atoms with Crippen molar-refractivity contribution in [2.45, 2.75) is 40.2 Å². The molecule has 1 aromatic heterocycles. The minimum absolute atomic E-state index is 0.229. The summed E-state index contributed by atoms with van der Waals surface area (Å²) in [5.41, 5.74) is -1.89. The lowest BCUT2D eigenvalue weighted by Crippen LogP contribution is -2.56. The van der Waals surface area contributed by atoms with Gasteiger partial charge in [-0.15, -0.1) is 11.3 Å². The van der Waals surface area contributed by atoms with Crippen LogP contribution in [0.4, 0.5) is 0 Å². The van der Waals surface area contributed by atoms with E-state index in [0.717, 1.165) is 4.88 Å². The van der Waals surface area contributed by atoms with Gasteiger partial charge >= 0.3 is 5.97 Å². The molecule has 5 heteroatoms. The lowest BCUT2D eigenvalue weighted by atomic mass is 9.74. The summed E-state index contributed by atoms with van der Waals surface area (Å²) in [6.07, 6.45) is 0. The third-order valence-electron chi connectivity index (χ3n) is 3.49. The lowest BCUT2D eigenvalue weighted by molar-refractivity contribution is -0.150. The quantitative estimate of drug-likeness (QED) is 0.883. The van der Waals surface area contributed by atoms with Crippen LogP contribution in [0, 0.1) is 12.3 Å². The Morgan fingerprint density at radius 3 is 2.17 bits per heavy atom. The van der Waals surface area contributed by atoms with E-state index >= 15 is 0 Å². The SMILES string of the molecule is Cc1ccc(C(=O)NC(C)(C)C(C)(C)C(=O)O)s1. The molecule has 0 atom stereocenters. The summed E-state index contributed by atoms with van der Waals surface area (Å²) in [4.78, 5) is 24.9. The van der Waals surface area contributed by atoms with E-state index < -0.39 is 16.9 Å². The average Bonchev–Trinajstić information content (AvgIpc) is 2.63. The number of carbonyl (C=O) groups is 2. The fourth-order valence-corrected chi connectivity index (χ4v) is 2.09. The maximum absolute atomic E-state index is 12.0. The minimum Gasteiger partial charge on any atom is -0.481 e. The van der Waals surface area contributed by atoms with Crippen LogP contribution in [0.3, 0.4) is 0 Å². The van der Waals surface area contributed by atoms with Gasteiger partial charge in [-0.2, -0.15) is 0 Å². The number of aryl methyl sites for hydroxylation is 1. The number of carbonyl (C=O) groups excluding carboxylic acids is 1. The Morgan fingerprint density at radius 1 is 1.22 bits per heavy atom. The summed E-state index contributed by atoms with van der Waals surface area (Å²) in [5, 5.41) is 12.0. The monoisotopic (exact) mass is 269 g/mol. The van der Waals surface area contributed by atoms with Crippen molar-refractivity contribution >= 4 is 23.2 Å². The van der Waals surface area contributed by atoms with Gasteiger partial charge in [0, 0.05) is 4.88 Å². The Hall–Kier alpha value is -1.36. The number of aliphatic carboxylic acids is 1. The first-order chi connectivity index (χ1) is 8.08. The highest BCUT2D eigenvalue weighted by Crippen LogP contribution is 2.31. The number of carboxylic acids is 1. The molecule has 0 bridgehead atoms. The van der Waals surface area contributed by atoms with Gasteiger partial charge < -0.3 is 10.4 Å². The summed E-state index contributed by atoms with van der Waals surface area (Å²) in [5.74, 6) is -1.16. The highest BCUT2D eigenvalue weighted by atomic mass is 32.1. The molecule has 1 aromatic rings. The van der Waals surface area contributed by atoms with Crippen LogP contribution in [0.5, 0.6) is 0 Å². The maximum Gasteiger partial charge on any atom is 0.311 e. The van der Waals surface area contributed by atoms with E-state index in [-0.39, 0.29) is 5.91 Å². The fourth-order valence-electron chi connectivity index (χ4n) is 1.33. The molecule has 18 heavy (non-hydrogen) atoms. The van der Waals surface area contributed by atoms with Crippen LogP contribution in [-0.2, 0) is 4.79 Å². The normalized spacial score (nSPS) is 12.3. The van der Waals surface area contributed by atoms with Gasteiger partial charge in [0.25, 0.3) is 5.91 Å². The van der Waals surface area contributed by atoms with E-state index in [1.807, 2.05) is 13.0 Å². The number of amides is 1. The summed E-state index contributed by atoms with van der Waals surface area (Å²) in [6.45, 7) is 8.58. The number of hydrogen-bond acceptors (Lipinski definition) is 3. The Labute approximate surface area is 111 Å². The van der Waals surface area contributed by atoms with Gasteiger partial charge in [-0.1, -0.05) is 0 Å². The maximum atomic E-state index is 12.0. The molecule has 1 amide bonds. The zero-order valence-corrected chi connectivity index (χ0v) is 12.1. The topological polar surface area (TPSA) is 66.4 Å². The Morgan fingerprint density at radius 2 is 1.78 bits per heavy atom. The third kappa shape index (κ3) is 2.72. The van der Waals surface area contributed by atoms with Crippen LogP contribution < -0.4 is 5.32 Å². The molecule has 0 saturated heterocycles. The van der Waals surface area contributed by atoms with E-state index in [9.17, 15) is 14.7 Å². The predicted molar refractivity (Wildman–Crippen MR) is 72.0 cm³/mol. The van der Waals surface area contributed by atoms with E-state index in [4.69, 9.17) is 0 Å². The molecule has 0 fully saturated rings. The van der Waals surface area contributed by atoms with E-state index in [2.05, 4.69) is 5.32 Å². The number of rotatable bonds is 4. The summed E-state index contributed by atoms with van der Waals surface area (Å²) < 4.78 is 0. The molecule has 0 aliphatic carbocycles. The van der Waals surface area contributed by atoms with Crippen LogP contribution in [0.25, 0.3) is 0 Å². The van der Waals surface area contributed by atoms with Gasteiger partial charge in [0.2, 0.25) is 0 Å². The van der Waals surface area contributed by atoms with Crippen molar-refractivity contribution in [1.29, 1.82) is 0 Å². The number of thiophene rings is 1. The smallest absolute Gasteiger partial charge is 0.311 e. The zero-order chi connectivity index (χ0) is 14.1. The summed E-state index contributed by atoms with van der Waals surface area (Å²) in [7, 11) is 0. The van der Waals surface area contributed by atoms with E-state index in [1.165, 1.54) is 11.3 Å². The first kappa shape index (κ1) is 14.7. The third-order valence-corrected chi connectivity index (χ3v) is 4.49. The second-order valence-electron chi connectivity index (χ2n) is 5.42. The molecule has 4 nitrogen and oxygen atoms in total. The second kappa shape index (κ2) is 4.72. The van der Waals surface area contributed by atoms with E-state index in [0.29, 0.717) is 4.88 Å². The lowest BCUT2D eigenvalue weighted by Gasteiger charge is -2.38. The molecule has 0 spiro atoms. The van der Waals surface area contributed by atoms with Crippen molar-refractivity contribution in [3.8, 4) is 0 Å². The summed E-state index contributed by atoms with van der Waals surface area (Å²) >= 11 is 1.40. The molecular weight excluding hydrogens is 250 g/mol. The van der Waals surface area contributed by atoms with Crippen molar-refractivity contribution in [2.75, 3.05) is 0 Å². The average molecular weight is 269 g/mol. The van der Waals surface area contributed by atoms with Crippen molar-refractivity contribution in [2.24, 2.45) is 5.41 Å². The molecule has 2 N–H and O–H groups in total. The molecular formula is C13H19NO3S. The van der Waals surface area contributed by atoms with Crippen molar-refractivity contribution in [3.63, 3.8) is 0 Å². The Balaban J connectivity index is 2.90. The van der Waals surface area contributed by atoms with Gasteiger partial charge in [-0.25, -0.2) is 0 Å². The van der Waals surface area contributed by atoms with Gasteiger partial charge in [-0.05, 0) is 46.8 Å². The molecule has 0 aliphatic heterocycles. The highest BCUT2D eigenvalue weighted by molar-refractivity contribution is 7.13. The molecule has 0 radical (unpaired) electrons. The largest absolute Gasteiger partial charge is 0.481 e. The van der Waals surface area contributed by atoms with Crippen molar-refractivity contribution in [1.82, 2.24) is 5.32 Å². The van der Waals surface area contributed by atoms with Gasteiger partial charge in [-0.3, -0.25) is 9.59 Å². The van der Waals surface area contributed by atoms with Gasteiger partial charge in [0.05, 0.1) is 15.8 Å². The van der Waals surface area contributed by atoms with Crippen LogP contribution in [-0.4, -0.2) is 22.5 Å². The van der Waals surface area contributed by atoms with Gasteiger partial charge in [0.1, 0.15) is 0 Å². The van der Waals surface area contributed by atoms with Crippen molar-refractivity contribution < 1.29 is 14.7 Å². The number of carboxylic acid groups (broad SMARTS) is 1. The van der Waals surface area contributed by atoms with Crippen LogP contribution in [0.2, 0.25) is 0 Å². The molecule has 100 valence electrons.